The molecule has 0 aliphatic heterocycles. The first kappa shape index (κ1) is 14.4. The smallest absolute Gasteiger partial charge is 0.319 e. The van der Waals surface area contributed by atoms with Gasteiger partial charge in [-0.25, -0.2) is 4.79 Å². The number of amides is 2. The van der Waals surface area contributed by atoms with Gasteiger partial charge in [-0.1, -0.05) is 30.3 Å². The predicted octanol–water partition coefficient (Wildman–Crippen LogP) is 2.31. The predicted molar refractivity (Wildman–Crippen MR) is 84.3 cm³/mol. The first-order valence-electron chi connectivity index (χ1n) is 6.43. The van der Waals surface area contributed by atoms with Gasteiger partial charge in [-0.15, -0.1) is 0 Å². The van der Waals surface area contributed by atoms with Crippen molar-refractivity contribution in [2.24, 2.45) is 5.73 Å². The third-order valence-corrected chi connectivity index (χ3v) is 2.72. The summed E-state index contributed by atoms with van der Waals surface area (Å²) >= 11 is 0. The van der Waals surface area contributed by atoms with Crippen molar-refractivity contribution >= 4 is 23.4 Å². The number of para-hydroxylation sites is 1. The second kappa shape index (κ2) is 6.95. The highest BCUT2D eigenvalue weighted by Gasteiger charge is 2.01. The molecule has 0 spiro atoms. The highest BCUT2D eigenvalue weighted by molar-refractivity contribution is 5.90. The molecule has 0 atom stereocenters. The number of nitrogens with one attached hydrogen (secondary N) is 4. The fraction of sp³-hybridized carbons (Fsp3) is 0.0667. The molecule has 21 heavy (non-hydrogen) atoms. The molecular formula is C15H17N5O. The maximum Gasteiger partial charge on any atom is 0.319 e. The van der Waals surface area contributed by atoms with Gasteiger partial charge in [-0.3, -0.25) is 5.41 Å². The minimum Gasteiger partial charge on any atom is -0.370 e. The molecule has 0 bridgehead atoms. The molecule has 0 saturated carbocycles. The van der Waals surface area contributed by atoms with E-state index in [0.717, 1.165) is 16.9 Å². The first-order valence-corrected chi connectivity index (χ1v) is 6.43. The Morgan fingerprint density at radius 3 is 2.19 bits per heavy atom. The largest absolute Gasteiger partial charge is 0.370 e. The molecule has 0 aliphatic rings. The molecular weight excluding hydrogens is 266 g/mol. The average molecular weight is 283 g/mol. The molecule has 0 aliphatic carbocycles. The number of benzene rings is 2. The Bertz CT molecular complexity index is 610. The number of hydrogen-bond donors (Lipinski definition) is 5. The van der Waals surface area contributed by atoms with Gasteiger partial charge in [0.15, 0.2) is 5.96 Å². The number of anilines is 2. The van der Waals surface area contributed by atoms with E-state index in [-0.39, 0.29) is 12.0 Å². The van der Waals surface area contributed by atoms with E-state index < -0.39 is 0 Å². The fourth-order valence-electron chi connectivity index (χ4n) is 1.74. The van der Waals surface area contributed by atoms with E-state index in [0.29, 0.717) is 6.54 Å². The maximum absolute atomic E-state index is 11.7. The Kier molecular flexibility index (Phi) is 4.76. The summed E-state index contributed by atoms with van der Waals surface area (Å²) in [5.74, 6) is -0.108. The van der Waals surface area contributed by atoms with E-state index in [1.807, 2.05) is 42.5 Å². The third kappa shape index (κ3) is 4.87. The van der Waals surface area contributed by atoms with Crippen molar-refractivity contribution in [1.29, 1.82) is 5.41 Å². The molecule has 0 saturated heterocycles. The Morgan fingerprint density at radius 2 is 1.57 bits per heavy atom. The number of carbonyl (C=O) groups excluding carboxylic acids is 1. The fourth-order valence-corrected chi connectivity index (χ4v) is 1.74. The highest BCUT2D eigenvalue weighted by Crippen LogP contribution is 2.09. The van der Waals surface area contributed by atoms with Crippen LogP contribution < -0.4 is 21.7 Å². The molecule has 0 heterocycles. The van der Waals surface area contributed by atoms with Gasteiger partial charge in [0.25, 0.3) is 0 Å². The number of hydrogen-bond acceptors (Lipinski definition) is 2. The lowest BCUT2D eigenvalue weighted by atomic mass is 10.2. The van der Waals surface area contributed by atoms with Gasteiger partial charge in [0.2, 0.25) is 0 Å². The first-order chi connectivity index (χ1) is 10.1. The molecule has 0 aromatic heterocycles. The van der Waals surface area contributed by atoms with Crippen LogP contribution in [0.25, 0.3) is 0 Å². The zero-order chi connectivity index (χ0) is 15.1. The number of rotatable bonds is 4. The molecule has 2 rings (SSSR count). The van der Waals surface area contributed by atoms with Crippen molar-refractivity contribution in [1.82, 2.24) is 5.32 Å². The van der Waals surface area contributed by atoms with E-state index in [1.54, 1.807) is 12.1 Å². The third-order valence-electron chi connectivity index (χ3n) is 2.72. The monoisotopic (exact) mass is 283 g/mol. The van der Waals surface area contributed by atoms with Gasteiger partial charge in [-0.05, 0) is 29.8 Å². The molecule has 0 unspecified atom stereocenters. The van der Waals surface area contributed by atoms with Crippen LogP contribution in [0.2, 0.25) is 0 Å². The zero-order valence-electron chi connectivity index (χ0n) is 11.4. The number of guanidine groups is 1. The summed E-state index contributed by atoms with van der Waals surface area (Å²) in [4.78, 5) is 11.7. The second-order valence-electron chi connectivity index (χ2n) is 4.41. The van der Waals surface area contributed by atoms with Crippen molar-refractivity contribution in [3.63, 3.8) is 0 Å². The van der Waals surface area contributed by atoms with Gasteiger partial charge in [0.1, 0.15) is 0 Å². The normalized spacial score (nSPS) is 9.71. The summed E-state index contributed by atoms with van der Waals surface area (Å²) in [7, 11) is 0. The van der Waals surface area contributed by atoms with Crippen molar-refractivity contribution < 1.29 is 4.79 Å². The summed E-state index contributed by atoms with van der Waals surface area (Å²) in [6.45, 7) is 0.416. The minimum absolute atomic E-state index is 0.108. The van der Waals surface area contributed by atoms with E-state index in [1.165, 1.54) is 0 Å². The Morgan fingerprint density at radius 1 is 0.952 bits per heavy atom. The van der Waals surface area contributed by atoms with Gasteiger partial charge in [-0.2, -0.15) is 0 Å². The molecule has 0 fully saturated rings. The van der Waals surface area contributed by atoms with Crippen LogP contribution in [0.1, 0.15) is 5.56 Å². The summed E-state index contributed by atoms with van der Waals surface area (Å²) in [6.07, 6.45) is 0. The maximum atomic E-state index is 11.7. The van der Waals surface area contributed by atoms with Crippen molar-refractivity contribution in [2.45, 2.75) is 6.54 Å². The van der Waals surface area contributed by atoms with Crippen molar-refractivity contribution in [3.05, 3.63) is 60.2 Å². The molecule has 2 amide bonds. The summed E-state index contributed by atoms with van der Waals surface area (Å²) in [5.41, 5.74) is 7.67. The lowest BCUT2D eigenvalue weighted by Gasteiger charge is -2.08. The Hall–Kier alpha value is -3.02. The van der Waals surface area contributed by atoms with E-state index >= 15 is 0 Å². The van der Waals surface area contributed by atoms with Crippen LogP contribution in [0.15, 0.2) is 54.6 Å². The summed E-state index contributed by atoms with van der Waals surface area (Å²) in [6, 6.07) is 16.3. The Balaban J connectivity index is 1.82. The van der Waals surface area contributed by atoms with Crippen LogP contribution in [-0.2, 0) is 6.54 Å². The van der Waals surface area contributed by atoms with Crippen molar-refractivity contribution in [2.75, 3.05) is 10.6 Å². The highest BCUT2D eigenvalue weighted by atomic mass is 16.2. The van der Waals surface area contributed by atoms with Crippen LogP contribution in [0.4, 0.5) is 16.2 Å². The quantitative estimate of drug-likeness (QED) is 0.439. The topological polar surface area (TPSA) is 103 Å². The van der Waals surface area contributed by atoms with E-state index in [4.69, 9.17) is 11.1 Å². The zero-order valence-corrected chi connectivity index (χ0v) is 11.4. The van der Waals surface area contributed by atoms with Crippen LogP contribution >= 0.6 is 0 Å². The lowest BCUT2D eigenvalue weighted by molar-refractivity contribution is 0.251. The number of nitrogens with two attached hydrogens (primary N) is 1. The van der Waals surface area contributed by atoms with Crippen LogP contribution in [0, 0.1) is 5.41 Å². The van der Waals surface area contributed by atoms with Crippen LogP contribution in [0.5, 0.6) is 0 Å². The summed E-state index contributed by atoms with van der Waals surface area (Å²) in [5, 5.41) is 15.3. The van der Waals surface area contributed by atoms with Crippen LogP contribution in [-0.4, -0.2) is 12.0 Å². The molecule has 6 heteroatoms. The molecule has 2 aromatic rings. The van der Waals surface area contributed by atoms with Gasteiger partial charge in [0.05, 0.1) is 0 Å². The summed E-state index contributed by atoms with van der Waals surface area (Å²) < 4.78 is 0. The molecule has 6 N–H and O–H groups in total. The van der Waals surface area contributed by atoms with E-state index in [9.17, 15) is 4.79 Å². The number of carbonyl (C=O) groups is 1. The second-order valence-corrected chi connectivity index (χ2v) is 4.41. The molecule has 108 valence electrons. The SMILES string of the molecule is N=C(N)Nc1ccc(CNC(=O)Nc2ccccc2)cc1. The Labute approximate surface area is 122 Å². The molecule has 2 aromatic carbocycles. The minimum atomic E-state index is -0.257. The molecule has 6 nitrogen and oxygen atoms in total. The van der Waals surface area contributed by atoms with Gasteiger partial charge < -0.3 is 21.7 Å². The standard InChI is InChI=1S/C15H17N5O/c16-14(17)19-13-8-6-11(7-9-13)10-18-15(21)20-12-4-2-1-3-5-12/h1-9H,10H2,(H4,16,17,19)(H2,18,20,21). The van der Waals surface area contributed by atoms with E-state index in [2.05, 4.69) is 16.0 Å². The van der Waals surface area contributed by atoms with Gasteiger partial charge in [0, 0.05) is 17.9 Å². The lowest BCUT2D eigenvalue weighted by Crippen LogP contribution is -2.28. The molecule has 0 radical (unpaired) electrons. The van der Waals surface area contributed by atoms with Crippen molar-refractivity contribution in [3.8, 4) is 0 Å². The number of urea groups is 1. The van der Waals surface area contributed by atoms with Crippen LogP contribution in [0.3, 0.4) is 0 Å². The average Bonchev–Trinajstić information content (AvgIpc) is 2.47. The van der Waals surface area contributed by atoms with Gasteiger partial charge >= 0.3 is 6.03 Å².